The summed E-state index contributed by atoms with van der Waals surface area (Å²) in [6, 6.07) is 14.1. The highest BCUT2D eigenvalue weighted by atomic mass is 35.5. The summed E-state index contributed by atoms with van der Waals surface area (Å²) in [6.45, 7) is 1.34. The monoisotopic (exact) mass is 466 g/mol. The van der Waals surface area contributed by atoms with Crippen LogP contribution in [0.2, 0.25) is 5.02 Å². The Morgan fingerprint density at radius 2 is 1.79 bits per heavy atom. The van der Waals surface area contributed by atoms with E-state index in [9.17, 15) is 14.4 Å². The molecule has 0 radical (unpaired) electrons. The quantitative estimate of drug-likeness (QED) is 0.586. The minimum atomic E-state index is -0.337. The lowest BCUT2D eigenvalue weighted by atomic mass is 10.00. The standard InChI is InChI=1S/C23H23ClN6O3/c1-14(31)15-4-8-18(9-5-15)25-21(32)13-30-23(33)28-10-11-29-20(22(28)27-30)12-19(26-29)16-2-6-17(24)7-3-16/h2-11,19-20,22,26-27H,12-13H2,1H3,(H,25,32). The summed E-state index contributed by atoms with van der Waals surface area (Å²) in [6.07, 6.45) is 4.04. The first kappa shape index (κ1) is 21.4. The van der Waals surface area contributed by atoms with Crippen molar-refractivity contribution >= 4 is 35.0 Å². The SMILES string of the molecule is CC(=O)c1ccc(NC(=O)CN2NC3C4CC(c5ccc(Cl)cc5)NN4C=CN3C2=O)cc1. The molecule has 3 amide bonds. The fraction of sp³-hybridized carbons (Fsp3) is 0.261. The van der Waals surface area contributed by atoms with Crippen LogP contribution in [0.3, 0.4) is 0 Å². The highest BCUT2D eigenvalue weighted by Gasteiger charge is 2.48. The van der Waals surface area contributed by atoms with E-state index in [1.165, 1.54) is 11.9 Å². The zero-order valence-corrected chi connectivity index (χ0v) is 18.6. The van der Waals surface area contributed by atoms with Gasteiger partial charge in [-0.05, 0) is 55.3 Å². The summed E-state index contributed by atoms with van der Waals surface area (Å²) >= 11 is 6.01. The molecule has 170 valence electrons. The number of rotatable bonds is 5. The molecule has 0 aromatic heterocycles. The number of amides is 3. The minimum absolute atomic E-state index is 0.00758. The van der Waals surface area contributed by atoms with E-state index in [2.05, 4.69) is 16.2 Å². The topological polar surface area (TPSA) is 97.0 Å². The van der Waals surface area contributed by atoms with Crippen LogP contribution in [0.15, 0.2) is 60.9 Å². The van der Waals surface area contributed by atoms with Gasteiger partial charge in [-0.25, -0.2) is 20.7 Å². The second-order valence-electron chi connectivity index (χ2n) is 8.27. The molecule has 5 rings (SSSR count). The van der Waals surface area contributed by atoms with Gasteiger partial charge in [-0.15, -0.1) is 0 Å². The molecule has 3 unspecified atom stereocenters. The van der Waals surface area contributed by atoms with E-state index in [1.54, 1.807) is 35.4 Å². The fourth-order valence-electron chi connectivity index (χ4n) is 4.38. The Labute approximate surface area is 195 Å². The van der Waals surface area contributed by atoms with Crippen molar-refractivity contribution in [3.05, 3.63) is 77.1 Å². The first-order valence-corrected chi connectivity index (χ1v) is 11.0. The molecule has 0 aliphatic carbocycles. The average molecular weight is 467 g/mol. The first-order chi connectivity index (χ1) is 15.9. The largest absolute Gasteiger partial charge is 0.340 e. The Hall–Kier alpha value is -3.40. The van der Waals surface area contributed by atoms with Gasteiger partial charge < -0.3 is 10.3 Å². The molecule has 3 aliphatic rings. The van der Waals surface area contributed by atoms with Gasteiger partial charge in [0.1, 0.15) is 12.7 Å². The van der Waals surface area contributed by atoms with Crippen molar-refractivity contribution in [1.82, 2.24) is 25.8 Å². The maximum atomic E-state index is 12.9. The van der Waals surface area contributed by atoms with Crippen molar-refractivity contribution in [1.29, 1.82) is 0 Å². The third-order valence-corrected chi connectivity index (χ3v) is 6.33. The number of carbonyl (C=O) groups excluding carboxylic acids is 3. The van der Waals surface area contributed by atoms with Crippen LogP contribution in [0.25, 0.3) is 0 Å². The summed E-state index contributed by atoms with van der Waals surface area (Å²) < 4.78 is 0. The molecular weight excluding hydrogens is 444 g/mol. The molecule has 3 atom stereocenters. The average Bonchev–Trinajstić information content (AvgIpc) is 3.36. The number of carbonyl (C=O) groups is 3. The van der Waals surface area contributed by atoms with E-state index < -0.39 is 0 Å². The van der Waals surface area contributed by atoms with E-state index in [0.29, 0.717) is 16.3 Å². The van der Waals surface area contributed by atoms with Crippen molar-refractivity contribution in [2.75, 3.05) is 11.9 Å². The molecule has 2 fully saturated rings. The maximum absolute atomic E-state index is 12.9. The van der Waals surface area contributed by atoms with Gasteiger partial charge in [0, 0.05) is 28.7 Å². The van der Waals surface area contributed by atoms with Crippen LogP contribution < -0.4 is 16.2 Å². The van der Waals surface area contributed by atoms with Crippen LogP contribution >= 0.6 is 11.6 Å². The van der Waals surface area contributed by atoms with E-state index >= 15 is 0 Å². The van der Waals surface area contributed by atoms with Crippen molar-refractivity contribution in [2.24, 2.45) is 0 Å². The fourth-order valence-corrected chi connectivity index (χ4v) is 4.50. The molecule has 10 heteroatoms. The van der Waals surface area contributed by atoms with Crippen LogP contribution in [0, 0.1) is 0 Å². The lowest BCUT2D eigenvalue weighted by Crippen LogP contribution is -2.54. The van der Waals surface area contributed by atoms with E-state index in [-0.39, 0.29) is 42.5 Å². The number of urea groups is 1. The van der Waals surface area contributed by atoms with Gasteiger partial charge in [-0.3, -0.25) is 14.5 Å². The van der Waals surface area contributed by atoms with Crippen LogP contribution in [-0.2, 0) is 4.79 Å². The van der Waals surface area contributed by atoms with Crippen molar-refractivity contribution < 1.29 is 14.4 Å². The lowest BCUT2D eigenvalue weighted by molar-refractivity contribution is -0.117. The number of anilines is 1. The summed E-state index contributed by atoms with van der Waals surface area (Å²) in [5.74, 6) is -0.381. The zero-order valence-electron chi connectivity index (χ0n) is 17.9. The third-order valence-electron chi connectivity index (χ3n) is 6.08. The second kappa shape index (κ2) is 8.51. The Morgan fingerprint density at radius 3 is 2.48 bits per heavy atom. The van der Waals surface area contributed by atoms with Gasteiger partial charge in [0.25, 0.3) is 0 Å². The number of nitrogens with one attached hydrogen (secondary N) is 3. The van der Waals surface area contributed by atoms with Crippen LogP contribution in [0.1, 0.15) is 35.3 Å². The number of hydrogen-bond acceptors (Lipinski definition) is 6. The molecule has 0 bridgehead atoms. The van der Waals surface area contributed by atoms with Gasteiger partial charge in [0.05, 0.1) is 12.1 Å². The molecule has 3 heterocycles. The number of benzene rings is 2. The Bertz CT molecular complexity index is 1120. The van der Waals surface area contributed by atoms with Crippen molar-refractivity contribution in [2.45, 2.75) is 31.6 Å². The molecule has 33 heavy (non-hydrogen) atoms. The number of Topliss-reactive ketones (excluding diaryl/α,β-unsaturated/α-hetero) is 1. The summed E-state index contributed by atoms with van der Waals surface area (Å²) in [5.41, 5.74) is 8.89. The molecule has 9 nitrogen and oxygen atoms in total. The van der Waals surface area contributed by atoms with Crippen molar-refractivity contribution in [3.63, 3.8) is 0 Å². The number of hydrazine groups is 2. The predicted octanol–water partition coefficient (Wildman–Crippen LogP) is 2.85. The summed E-state index contributed by atoms with van der Waals surface area (Å²) in [4.78, 5) is 38.5. The highest BCUT2D eigenvalue weighted by molar-refractivity contribution is 6.30. The predicted molar refractivity (Wildman–Crippen MR) is 123 cm³/mol. The van der Waals surface area contributed by atoms with Gasteiger partial charge in [-0.2, -0.15) is 0 Å². The molecule has 2 aromatic rings. The zero-order chi connectivity index (χ0) is 23.1. The number of hydrogen-bond donors (Lipinski definition) is 3. The number of ketones is 1. The highest BCUT2D eigenvalue weighted by Crippen LogP contribution is 2.34. The number of halogens is 1. The lowest BCUT2D eigenvalue weighted by Gasteiger charge is -2.34. The molecule has 3 N–H and O–H groups in total. The second-order valence-corrected chi connectivity index (χ2v) is 8.71. The van der Waals surface area contributed by atoms with Gasteiger partial charge in [-0.1, -0.05) is 23.7 Å². The molecule has 2 aromatic carbocycles. The molecular formula is C23H23ClN6O3. The maximum Gasteiger partial charge on any atom is 0.340 e. The van der Waals surface area contributed by atoms with Gasteiger partial charge in [0.2, 0.25) is 5.91 Å². The molecule has 0 spiro atoms. The molecule has 2 saturated heterocycles. The number of fused-ring (bicyclic) bond motifs is 3. The van der Waals surface area contributed by atoms with E-state index in [4.69, 9.17) is 11.6 Å². The van der Waals surface area contributed by atoms with E-state index in [0.717, 1.165) is 12.0 Å². The van der Waals surface area contributed by atoms with Gasteiger partial charge >= 0.3 is 6.03 Å². The van der Waals surface area contributed by atoms with Crippen LogP contribution in [0.4, 0.5) is 10.5 Å². The Kier molecular flexibility index (Phi) is 5.53. The summed E-state index contributed by atoms with van der Waals surface area (Å²) in [7, 11) is 0. The molecule has 0 saturated carbocycles. The Morgan fingerprint density at radius 1 is 1.06 bits per heavy atom. The first-order valence-electron chi connectivity index (χ1n) is 10.6. The Balaban J connectivity index is 1.23. The third kappa shape index (κ3) is 4.18. The van der Waals surface area contributed by atoms with Crippen molar-refractivity contribution in [3.8, 4) is 0 Å². The van der Waals surface area contributed by atoms with Crippen LogP contribution in [0.5, 0.6) is 0 Å². The minimum Gasteiger partial charge on any atom is -0.324 e. The van der Waals surface area contributed by atoms with E-state index in [1.807, 2.05) is 35.5 Å². The smallest absolute Gasteiger partial charge is 0.324 e. The van der Waals surface area contributed by atoms with Gasteiger partial charge in [0.15, 0.2) is 5.78 Å². The van der Waals surface area contributed by atoms with Crippen LogP contribution in [-0.4, -0.2) is 51.4 Å². The summed E-state index contributed by atoms with van der Waals surface area (Å²) in [5, 5.41) is 6.78. The normalized spacial score (nSPS) is 23.5. The molecule has 3 aliphatic heterocycles. The number of nitrogens with zero attached hydrogens (tertiary/aromatic N) is 3.